The van der Waals surface area contributed by atoms with Gasteiger partial charge in [-0.2, -0.15) is 0 Å². The van der Waals surface area contributed by atoms with Crippen LogP contribution in [0, 0.1) is 17.7 Å². The summed E-state index contributed by atoms with van der Waals surface area (Å²) in [6.07, 6.45) is 1.86. The van der Waals surface area contributed by atoms with E-state index < -0.39 is 48.1 Å². The summed E-state index contributed by atoms with van der Waals surface area (Å²) >= 11 is 0. The Hall–Kier alpha value is -4.48. The number of benzene rings is 2. The molecule has 46 heavy (non-hydrogen) atoms. The average molecular weight is 639 g/mol. The highest BCUT2D eigenvalue weighted by atomic mass is 19.1. The molecule has 12 heteroatoms. The minimum absolute atomic E-state index is 0.0237. The van der Waals surface area contributed by atoms with E-state index in [9.17, 15) is 33.1 Å². The number of aromatic carboxylic acids is 1. The lowest BCUT2D eigenvalue weighted by Gasteiger charge is -2.36. The summed E-state index contributed by atoms with van der Waals surface area (Å²) in [7, 11) is 0. The lowest BCUT2D eigenvalue weighted by molar-refractivity contribution is -0.141. The van der Waals surface area contributed by atoms with Crippen molar-refractivity contribution in [3.63, 3.8) is 0 Å². The first kappa shape index (κ1) is 32.9. The fourth-order valence-corrected chi connectivity index (χ4v) is 6.71. The summed E-state index contributed by atoms with van der Waals surface area (Å²) < 4.78 is 33.0. The lowest BCUT2D eigenvalue weighted by atomic mass is 9.78. The van der Waals surface area contributed by atoms with Crippen molar-refractivity contribution in [3.8, 4) is 0 Å². The molecule has 3 atom stereocenters. The number of nitrogens with one attached hydrogen (secondary N) is 3. The molecule has 2 heterocycles. The van der Waals surface area contributed by atoms with Crippen molar-refractivity contribution in [2.75, 3.05) is 18.5 Å². The monoisotopic (exact) mass is 638 g/mol. The predicted octanol–water partition coefficient (Wildman–Crippen LogP) is 6.00. The number of halogens is 2. The highest BCUT2D eigenvalue weighted by Crippen LogP contribution is 2.39. The maximum atomic E-state index is 14.0. The number of carboxylic acids is 1. The molecule has 1 aliphatic heterocycles. The maximum absolute atomic E-state index is 14.0. The minimum Gasteiger partial charge on any atom is -0.477 e. The number of anilines is 1. The number of aromatic nitrogens is 1. The van der Waals surface area contributed by atoms with Gasteiger partial charge >= 0.3 is 12.1 Å². The number of aromatic amines is 1. The number of alkyl carbamates (subject to hydrolysis) is 1. The molecule has 0 radical (unpaired) electrons. The smallest absolute Gasteiger partial charge is 0.407 e. The number of fused-ring (bicyclic) bond motifs is 1. The van der Waals surface area contributed by atoms with E-state index in [1.165, 1.54) is 18.2 Å². The third-order valence-corrected chi connectivity index (χ3v) is 8.92. The summed E-state index contributed by atoms with van der Waals surface area (Å²) in [6.45, 7) is 4.79. The number of carbonyl (C=O) groups excluding carboxylic acids is 3. The minimum atomic E-state index is -1.10. The van der Waals surface area contributed by atoms with Gasteiger partial charge in [0.15, 0.2) is 0 Å². The summed E-state index contributed by atoms with van der Waals surface area (Å²) in [5.41, 5.74) is 1.10. The topological polar surface area (TPSA) is 141 Å². The van der Waals surface area contributed by atoms with Crippen LogP contribution < -0.4 is 10.6 Å². The molecule has 1 aliphatic carbocycles. The number of carboxylic acid groups (broad SMARTS) is 1. The molecule has 0 bridgehead atoms. The van der Waals surface area contributed by atoms with Gasteiger partial charge in [-0.25, -0.2) is 18.4 Å². The van der Waals surface area contributed by atoms with Crippen LogP contribution in [0.1, 0.15) is 74.8 Å². The molecule has 10 nitrogen and oxygen atoms in total. The highest BCUT2D eigenvalue weighted by molar-refractivity contribution is 6.01. The van der Waals surface area contributed by atoms with Gasteiger partial charge in [-0.05, 0) is 101 Å². The molecule has 2 fully saturated rings. The van der Waals surface area contributed by atoms with Crippen molar-refractivity contribution in [2.24, 2.45) is 11.8 Å². The molecule has 0 unspecified atom stereocenters. The first-order valence-electron chi connectivity index (χ1n) is 15.6. The van der Waals surface area contributed by atoms with Crippen LogP contribution in [0.25, 0.3) is 10.9 Å². The van der Waals surface area contributed by atoms with Crippen LogP contribution in [0.5, 0.6) is 0 Å². The summed E-state index contributed by atoms with van der Waals surface area (Å²) in [5.74, 6) is -2.96. The zero-order chi connectivity index (χ0) is 33.2. The Morgan fingerprint density at radius 2 is 1.72 bits per heavy atom. The number of alkyl halides is 1. The van der Waals surface area contributed by atoms with Gasteiger partial charge in [0.25, 0.3) is 0 Å². The van der Waals surface area contributed by atoms with Crippen molar-refractivity contribution in [1.29, 1.82) is 0 Å². The number of hydrogen-bond donors (Lipinski definition) is 4. The maximum Gasteiger partial charge on any atom is 0.407 e. The van der Waals surface area contributed by atoms with Crippen LogP contribution in [0.15, 0.2) is 48.5 Å². The fraction of sp³-hybridized carbons (Fsp3) is 0.471. The number of rotatable bonds is 8. The molecule has 5 rings (SSSR count). The zero-order valence-electron chi connectivity index (χ0n) is 26.1. The number of carbonyl (C=O) groups is 4. The molecule has 3 aromatic rings. The molecule has 2 aliphatic rings. The molecule has 1 saturated carbocycles. The number of amides is 3. The predicted molar refractivity (Wildman–Crippen MR) is 168 cm³/mol. The van der Waals surface area contributed by atoms with Crippen molar-refractivity contribution >= 4 is 40.5 Å². The molecular formula is C34H40F2N4O6. The second-order valence-electron chi connectivity index (χ2n) is 13.2. The van der Waals surface area contributed by atoms with Crippen molar-refractivity contribution in [1.82, 2.24) is 15.2 Å². The molecule has 2 aromatic carbocycles. The van der Waals surface area contributed by atoms with Crippen LogP contribution in [0.4, 0.5) is 19.3 Å². The SMILES string of the molecule is CC(C)(C)OC(=O)N[C@H](CF)C1CCC(C(=O)N2CC[C@H](c3ccc(F)cc3)[C@@H]2C(=O)Nc2ccc3[nH]c(C(=O)O)cc3c2)CC1. The molecular weight excluding hydrogens is 598 g/mol. The molecule has 4 N–H and O–H groups in total. The number of hydrogen-bond acceptors (Lipinski definition) is 5. The third-order valence-electron chi connectivity index (χ3n) is 8.92. The Labute approximate surface area is 265 Å². The van der Waals surface area contributed by atoms with Crippen LogP contribution in [-0.4, -0.2) is 69.8 Å². The van der Waals surface area contributed by atoms with Gasteiger partial charge in [0.2, 0.25) is 11.8 Å². The Morgan fingerprint density at radius 3 is 2.35 bits per heavy atom. The summed E-state index contributed by atoms with van der Waals surface area (Å²) in [4.78, 5) is 56.0. The first-order valence-corrected chi connectivity index (χ1v) is 15.6. The number of ether oxygens (including phenoxy) is 1. The zero-order valence-corrected chi connectivity index (χ0v) is 26.1. The van der Waals surface area contributed by atoms with E-state index in [0.29, 0.717) is 55.2 Å². The lowest BCUT2D eigenvalue weighted by Crippen LogP contribution is -2.49. The van der Waals surface area contributed by atoms with E-state index in [4.69, 9.17) is 4.74 Å². The first-order chi connectivity index (χ1) is 21.8. The van der Waals surface area contributed by atoms with Gasteiger partial charge in [-0.1, -0.05) is 12.1 Å². The Kier molecular flexibility index (Phi) is 9.64. The van der Waals surface area contributed by atoms with Gasteiger partial charge in [-0.3, -0.25) is 9.59 Å². The number of H-pyrrole nitrogens is 1. The summed E-state index contributed by atoms with van der Waals surface area (Å²) in [6, 6.07) is 10.8. The largest absolute Gasteiger partial charge is 0.477 e. The number of likely N-dealkylation sites (tertiary alicyclic amines) is 1. The molecule has 0 spiro atoms. The van der Waals surface area contributed by atoms with Gasteiger partial charge in [0, 0.05) is 35.0 Å². The molecule has 1 aromatic heterocycles. The quantitative estimate of drug-likeness (QED) is 0.239. The Morgan fingerprint density at radius 1 is 1.02 bits per heavy atom. The van der Waals surface area contributed by atoms with E-state index >= 15 is 0 Å². The Bertz CT molecular complexity index is 1590. The van der Waals surface area contributed by atoms with Crippen LogP contribution in [0.3, 0.4) is 0 Å². The van der Waals surface area contributed by atoms with Gasteiger partial charge < -0.3 is 30.4 Å². The Balaban J connectivity index is 1.30. The fourth-order valence-electron chi connectivity index (χ4n) is 6.71. The van der Waals surface area contributed by atoms with Crippen LogP contribution in [-0.2, 0) is 14.3 Å². The normalized spacial score (nSPS) is 22.3. The van der Waals surface area contributed by atoms with Gasteiger partial charge in [0.05, 0.1) is 6.04 Å². The summed E-state index contributed by atoms with van der Waals surface area (Å²) in [5, 5.41) is 15.5. The number of nitrogens with zero attached hydrogens (tertiary/aromatic N) is 1. The van der Waals surface area contributed by atoms with E-state index in [-0.39, 0.29) is 29.4 Å². The van der Waals surface area contributed by atoms with E-state index in [0.717, 1.165) is 5.56 Å². The second-order valence-corrected chi connectivity index (χ2v) is 13.2. The average Bonchev–Trinajstić information content (AvgIpc) is 3.64. The molecule has 3 amide bonds. The van der Waals surface area contributed by atoms with Crippen LogP contribution in [0.2, 0.25) is 0 Å². The van der Waals surface area contributed by atoms with Gasteiger partial charge in [-0.15, -0.1) is 0 Å². The van der Waals surface area contributed by atoms with Crippen molar-refractivity contribution in [2.45, 2.75) is 76.5 Å². The van der Waals surface area contributed by atoms with Crippen molar-refractivity contribution in [3.05, 3.63) is 65.6 Å². The van der Waals surface area contributed by atoms with E-state index in [2.05, 4.69) is 15.6 Å². The molecule has 246 valence electrons. The van der Waals surface area contributed by atoms with Crippen LogP contribution >= 0.6 is 0 Å². The highest BCUT2D eigenvalue weighted by Gasteiger charge is 2.45. The van der Waals surface area contributed by atoms with Crippen molar-refractivity contribution < 1.29 is 37.8 Å². The molecule has 1 saturated heterocycles. The standard InChI is InChI=1S/C34H40F2N4O6/c1-34(2,3)46-33(45)39-28(18-35)20-4-6-21(7-5-20)31(42)40-15-14-25(19-8-10-23(36)11-9-19)29(40)30(41)37-24-12-13-26-22(16-24)17-27(38-26)32(43)44/h8-13,16-17,20-21,25,28-29,38H,4-7,14-15,18H2,1-3H3,(H,37,41)(H,39,45)(H,43,44)/t20?,21?,25-,28-,29-/m1/s1. The van der Waals surface area contributed by atoms with E-state index in [1.807, 2.05) is 0 Å². The van der Waals surface area contributed by atoms with E-state index in [1.54, 1.807) is 56.0 Å². The third kappa shape index (κ3) is 7.48. The second kappa shape index (κ2) is 13.5. The van der Waals surface area contributed by atoms with Gasteiger partial charge in [0.1, 0.15) is 29.8 Å².